The van der Waals surface area contributed by atoms with Crippen molar-refractivity contribution in [2.45, 2.75) is 36.9 Å². The molecule has 3 rings (SSSR count). The van der Waals surface area contributed by atoms with Crippen LogP contribution in [-0.4, -0.2) is 38.7 Å². The molecule has 2 heterocycles. The van der Waals surface area contributed by atoms with E-state index >= 15 is 0 Å². The molecule has 1 amide bonds. The Bertz CT molecular complexity index is 735. The largest absolute Gasteiger partial charge is 0.481 e. The van der Waals surface area contributed by atoms with Crippen molar-refractivity contribution in [3.8, 4) is 0 Å². The Kier molecular flexibility index (Phi) is 4.56. The van der Waals surface area contributed by atoms with Crippen molar-refractivity contribution in [3.05, 3.63) is 30.1 Å². The van der Waals surface area contributed by atoms with E-state index in [2.05, 4.69) is 10.3 Å². The fraction of sp³-hybridized carbons (Fsp3) is 0.438. The van der Waals surface area contributed by atoms with Gasteiger partial charge in [0, 0.05) is 12.2 Å². The molecule has 0 saturated heterocycles. The van der Waals surface area contributed by atoms with Gasteiger partial charge >= 0.3 is 5.97 Å². The second-order valence-electron chi connectivity index (χ2n) is 5.76. The number of hydrogen-bond acceptors (Lipinski definition) is 4. The van der Waals surface area contributed by atoms with E-state index < -0.39 is 5.97 Å². The number of carboxylic acids is 1. The molecule has 1 aliphatic carbocycles. The van der Waals surface area contributed by atoms with Gasteiger partial charge in [-0.3, -0.25) is 14.0 Å². The van der Waals surface area contributed by atoms with Crippen LogP contribution in [-0.2, 0) is 4.79 Å². The highest BCUT2D eigenvalue weighted by molar-refractivity contribution is 7.98. The van der Waals surface area contributed by atoms with Crippen LogP contribution in [0.1, 0.15) is 36.2 Å². The molecule has 0 unspecified atom stereocenters. The Hall–Kier alpha value is -2.02. The molecule has 0 aliphatic heterocycles. The maximum Gasteiger partial charge on any atom is 0.306 e. The number of amides is 1. The maximum atomic E-state index is 12.6. The highest BCUT2D eigenvalue weighted by Gasteiger charge is 2.28. The second kappa shape index (κ2) is 6.62. The van der Waals surface area contributed by atoms with Crippen molar-refractivity contribution < 1.29 is 14.7 Å². The summed E-state index contributed by atoms with van der Waals surface area (Å²) in [7, 11) is 0. The summed E-state index contributed by atoms with van der Waals surface area (Å²) in [6, 6.07) is 5.69. The topological polar surface area (TPSA) is 83.7 Å². The van der Waals surface area contributed by atoms with Gasteiger partial charge in [-0.25, -0.2) is 4.98 Å². The monoisotopic (exact) mass is 333 g/mol. The number of hydrogen-bond donors (Lipinski definition) is 2. The average Bonchev–Trinajstić information content (AvgIpc) is 2.94. The van der Waals surface area contributed by atoms with Gasteiger partial charge in [-0.15, -0.1) is 0 Å². The lowest BCUT2D eigenvalue weighted by molar-refractivity contribution is -0.142. The molecule has 0 spiro atoms. The van der Waals surface area contributed by atoms with E-state index in [-0.39, 0.29) is 17.9 Å². The number of rotatable bonds is 4. The summed E-state index contributed by atoms with van der Waals surface area (Å²) < 4.78 is 1.90. The van der Waals surface area contributed by atoms with Crippen LogP contribution >= 0.6 is 11.8 Å². The lowest BCUT2D eigenvalue weighted by Crippen LogP contribution is -2.38. The second-order valence-corrected chi connectivity index (χ2v) is 6.54. The summed E-state index contributed by atoms with van der Waals surface area (Å²) in [6.07, 6.45) is 6.44. The fourth-order valence-corrected chi connectivity index (χ4v) is 3.60. The van der Waals surface area contributed by atoms with Crippen molar-refractivity contribution >= 4 is 29.2 Å². The van der Waals surface area contributed by atoms with Gasteiger partial charge in [-0.05, 0) is 44.1 Å². The van der Waals surface area contributed by atoms with Crippen LogP contribution in [0, 0.1) is 5.92 Å². The Morgan fingerprint density at radius 1 is 1.30 bits per heavy atom. The summed E-state index contributed by atoms with van der Waals surface area (Å²) in [5.41, 5.74) is 1.21. The molecule has 2 aromatic heterocycles. The molecule has 23 heavy (non-hydrogen) atoms. The highest BCUT2D eigenvalue weighted by Crippen LogP contribution is 2.25. The van der Waals surface area contributed by atoms with Gasteiger partial charge in [0.05, 0.1) is 11.4 Å². The van der Waals surface area contributed by atoms with Crippen molar-refractivity contribution in [2.75, 3.05) is 6.26 Å². The fourth-order valence-electron chi connectivity index (χ4n) is 3.06. The van der Waals surface area contributed by atoms with Gasteiger partial charge in [-0.1, -0.05) is 17.8 Å². The molecule has 0 aromatic carbocycles. The molecule has 0 bridgehead atoms. The molecule has 2 aromatic rings. The van der Waals surface area contributed by atoms with E-state index in [1.807, 2.05) is 35.1 Å². The minimum atomic E-state index is -0.737. The molecule has 0 atom stereocenters. The zero-order valence-corrected chi connectivity index (χ0v) is 13.7. The lowest BCUT2D eigenvalue weighted by Gasteiger charge is -2.26. The quantitative estimate of drug-likeness (QED) is 0.840. The molecule has 2 N–H and O–H groups in total. The van der Waals surface area contributed by atoms with Gasteiger partial charge < -0.3 is 10.4 Å². The minimum absolute atomic E-state index is 0.0243. The SMILES string of the molecule is CSc1nc(C(=O)NC2CCC(C(=O)O)CC2)c2ccccn12. The van der Waals surface area contributed by atoms with E-state index in [4.69, 9.17) is 5.11 Å². The van der Waals surface area contributed by atoms with Crippen LogP contribution in [0.25, 0.3) is 5.52 Å². The number of nitrogens with zero attached hydrogens (tertiary/aromatic N) is 2. The van der Waals surface area contributed by atoms with Crippen LogP contribution in [0.2, 0.25) is 0 Å². The number of carboxylic acid groups (broad SMARTS) is 1. The molecule has 1 saturated carbocycles. The predicted octanol–water partition coefficient (Wildman–Crippen LogP) is 2.43. The maximum absolute atomic E-state index is 12.6. The standard InChI is InChI=1S/C16H19N3O3S/c1-23-16-18-13(12-4-2-3-9-19(12)16)14(20)17-11-7-5-10(6-8-11)15(21)22/h2-4,9-11H,5-8H2,1H3,(H,17,20)(H,21,22). The van der Waals surface area contributed by atoms with Crippen LogP contribution in [0.4, 0.5) is 0 Å². The number of nitrogens with one attached hydrogen (secondary N) is 1. The number of thioether (sulfide) groups is 1. The third-order valence-corrected chi connectivity index (χ3v) is 4.98. The molecule has 7 heteroatoms. The zero-order chi connectivity index (χ0) is 16.4. The number of aliphatic carboxylic acids is 1. The van der Waals surface area contributed by atoms with Crippen LogP contribution in [0.5, 0.6) is 0 Å². The lowest BCUT2D eigenvalue weighted by atomic mass is 9.86. The molecule has 6 nitrogen and oxygen atoms in total. The van der Waals surface area contributed by atoms with Gasteiger partial charge in [-0.2, -0.15) is 0 Å². The highest BCUT2D eigenvalue weighted by atomic mass is 32.2. The number of carbonyl (C=O) groups is 2. The van der Waals surface area contributed by atoms with Gasteiger partial charge in [0.1, 0.15) is 0 Å². The van der Waals surface area contributed by atoms with Gasteiger partial charge in [0.15, 0.2) is 10.9 Å². The predicted molar refractivity (Wildman–Crippen MR) is 87.8 cm³/mol. The zero-order valence-electron chi connectivity index (χ0n) is 12.9. The first-order valence-electron chi connectivity index (χ1n) is 7.65. The molecule has 1 aliphatic rings. The number of pyridine rings is 1. The Morgan fingerprint density at radius 2 is 2.04 bits per heavy atom. The summed E-state index contributed by atoms with van der Waals surface area (Å²) in [6.45, 7) is 0. The average molecular weight is 333 g/mol. The van der Waals surface area contributed by atoms with E-state index in [0.29, 0.717) is 31.4 Å². The first kappa shape index (κ1) is 15.9. The van der Waals surface area contributed by atoms with E-state index in [1.54, 1.807) is 0 Å². The number of carbonyl (C=O) groups excluding carboxylic acids is 1. The van der Waals surface area contributed by atoms with E-state index in [0.717, 1.165) is 10.7 Å². The smallest absolute Gasteiger partial charge is 0.306 e. The van der Waals surface area contributed by atoms with Gasteiger partial charge in [0.2, 0.25) is 0 Å². The van der Waals surface area contributed by atoms with Gasteiger partial charge in [0.25, 0.3) is 5.91 Å². The Labute approximate surface area is 138 Å². The molecule has 122 valence electrons. The number of fused-ring (bicyclic) bond motifs is 1. The van der Waals surface area contributed by atoms with Crippen molar-refractivity contribution in [3.63, 3.8) is 0 Å². The summed E-state index contributed by atoms with van der Waals surface area (Å²) in [5, 5.41) is 12.8. The van der Waals surface area contributed by atoms with E-state index in [1.165, 1.54) is 11.8 Å². The number of imidazole rings is 1. The third-order valence-electron chi connectivity index (χ3n) is 4.33. The third kappa shape index (κ3) is 3.19. The first-order valence-corrected chi connectivity index (χ1v) is 8.87. The Morgan fingerprint density at radius 3 is 2.70 bits per heavy atom. The van der Waals surface area contributed by atoms with Crippen LogP contribution in [0.15, 0.2) is 29.6 Å². The minimum Gasteiger partial charge on any atom is -0.481 e. The molecular weight excluding hydrogens is 314 g/mol. The first-order chi connectivity index (χ1) is 11.1. The normalized spacial score (nSPS) is 21.3. The van der Waals surface area contributed by atoms with Crippen molar-refractivity contribution in [2.24, 2.45) is 5.92 Å². The summed E-state index contributed by atoms with van der Waals surface area (Å²) in [4.78, 5) is 28.0. The van der Waals surface area contributed by atoms with E-state index in [9.17, 15) is 9.59 Å². The van der Waals surface area contributed by atoms with Crippen molar-refractivity contribution in [1.29, 1.82) is 0 Å². The molecule has 1 fully saturated rings. The number of aromatic nitrogens is 2. The summed E-state index contributed by atoms with van der Waals surface area (Å²) in [5.74, 6) is -1.20. The van der Waals surface area contributed by atoms with Crippen molar-refractivity contribution in [1.82, 2.24) is 14.7 Å². The molecule has 0 radical (unpaired) electrons. The Balaban J connectivity index is 1.73. The van der Waals surface area contributed by atoms with Crippen LogP contribution in [0.3, 0.4) is 0 Å². The van der Waals surface area contributed by atoms with Crippen LogP contribution < -0.4 is 5.32 Å². The summed E-state index contributed by atoms with van der Waals surface area (Å²) >= 11 is 1.49. The molecular formula is C16H19N3O3S.